The highest BCUT2D eigenvalue weighted by atomic mass is 16.7. The topological polar surface area (TPSA) is 104 Å². The fourth-order valence-electron chi connectivity index (χ4n) is 7.03. The van der Waals surface area contributed by atoms with E-state index in [1.807, 2.05) is 0 Å². The summed E-state index contributed by atoms with van der Waals surface area (Å²) >= 11 is 0. The molecule has 0 saturated carbocycles. The fourth-order valence-corrected chi connectivity index (χ4v) is 7.03. The summed E-state index contributed by atoms with van der Waals surface area (Å²) in [6.45, 7) is 13.8. The minimum Gasteiger partial charge on any atom is -0.465 e. The molecule has 10 heteroatoms. The Balaban J connectivity index is 2.55. The second kappa shape index (κ2) is 39.4. The van der Waals surface area contributed by atoms with Crippen LogP contribution in [0.3, 0.4) is 0 Å². The predicted molar refractivity (Wildman–Crippen MR) is 246 cm³/mol. The number of carbonyl (C=O) groups is 3. The molecule has 0 N–H and O–H groups in total. The third kappa shape index (κ3) is 31.4. The molecule has 0 radical (unpaired) electrons. The minimum atomic E-state index is -0.475. The zero-order valence-corrected chi connectivity index (χ0v) is 39.6. The molecule has 0 aliphatic carbocycles. The van der Waals surface area contributed by atoms with Gasteiger partial charge in [0.25, 0.3) is 0 Å². The molecule has 0 aromatic heterocycles. The summed E-state index contributed by atoms with van der Waals surface area (Å²) in [4.78, 5) is 42.6. The highest BCUT2D eigenvalue weighted by Crippen LogP contribution is 2.18. The lowest BCUT2D eigenvalue weighted by atomic mass is 10.1. The van der Waals surface area contributed by atoms with E-state index in [2.05, 4.69) is 63.8 Å². The lowest BCUT2D eigenvalue weighted by Crippen LogP contribution is -2.61. The molecule has 1 saturated heterocycles. The molecular weight excluding hydrogens is 757 g/mol. The first-order valence-electron chi connectivity index (χ1n) is 24.7. The van der Waals surface area contributed by atoms with Crippen LogP contribution in [0.5, 0.6) is 0 Å². The Morgan fingerprint density at radius 3 is 1.58 bits per heavy atom. The van der Waals surface area contributed by atoms with Crippen molar-refractivity contribution in [2.45, 2.75) is 220 Å². The number of carbonyl (C=O) groups excluding carboxylic acids is 3. The van der Waals surface area contributed by atoms with Gasteiger partial charge in [0.15, 0.2) is 6.29 Å². The molecule has 1 aliphatic rings. The third-order valence-corrected chi connectivity index (χ3v) is 11.4. The molecule has 60 heavy (non-hydrogen) atoms. The molecule has 1 rings (SSSR count). The SMILES string of the molecule is CCCCC/C=C\C/C=C\CCCCCCCC(=O)OCC(COC(=O)CCC(OCCCCCCCC)OCCCCCCCC)COC(=O)N(C)C1CN(C(C)C)C1. The van der Waals surface area contributed by atoms with E-state index in [9.17, 15) is 14.4 Å². The number of amides is 1. The van der Waals surface area contributed by atoms with Crippen LogP contribution in [0, 0.1) is 5.92 Å². The van der Waals surface area contributed by atoms with Gasteiger partial charge in [0.1, 0.15) is 19.8 Å². The van der Waals surface area contributed by atoms with Crippen LogP contribution in [-0.4, -0.2) is 99.4 Å². The van der Waals surface area contributed by atoms with Crippen molar-refractivity contribution in [3.05, 3.63) is 24.3 Å². The summed E-state index contributed by atoms with van der Waals surface area (Å²) in [5.41, 5.74) is 0. The van der Waals surface area contributed by atoms with E-state index in [0.717, 1.165) is 83.7 Å². The van der Waals surface area contributed by atoms with Gasteiger partial charge in [0.05, 0.1) is 18.4 Å². The molecule has 0 aromatic rings. The molecule has 0 bridgehead atoms. The number of hydrogen-bond acceptors (Lipinski definition) is 9. The van der Waals surface area contributed by atoms with Crippen LogP contribution >= 0.6 is 0 Å². The van der Waals surface area contributed by atoms with Gasteiger partial charge < -0.3 is 28.6 Å². The molecule has 1 amide bonds. The average Bonchev–Trinajstić information content (AvgIpc) is 3.21. The molecule has 0 aromatic carbocycles. The second-order valence-corrected chi connectivity index (χ2v) is 17.3. The van der Waals surface area contributed by atoms with E-state index >= 15 is 0 Å². The smallest absolute Gasteiger partial charge is 0.409 e. The number of hydrogen-bond donors (Lipinski definition) is 0. The fraction of sp³-hybridized carbons (Fsp3) is 0.860. The van der Waals surface area contributed by atoms with E-state index in [0.29, 0.717) is 32.1 Å². The van der Waals surface area contributed by atoms with Gasteiger partial charge >= 0.3 is 18.0 Å². The monoisotopic (exact) mass is 849 g/mol. The largest absolute Gasteiger partial charge is 0.465 e. The zero-order chi connectivity index (χ0) is 43.9. The van der Waals surface area contributed by atoms with Crippen molar-refractivity contribution >= 4 is 18.0 Å². The van der Waals surface area contributed by atoms with Gasteiger partial charge in [-0.3, -0.25) is 14.5 Å². The number of nitrogens with zero attached hydrogens (tertiary/aromatic N) is 2. The highest BCUT2D eigenvalue weighted by Gasteiger charge is 2.34. The highest BCUT2D eigenvalue weighted by molar-refractivity contribution is 5.70. The van der Waals surface area contributed by atoms with E-state index < -0.39 is 18.3 Å². The summed E-state index contributed by atoms with van der Waals surface area (Å²) in [6.07, 6.45) is 35.5. The quantitative estimate of drug-likeness (QED) is 0.0195. The first-order chi connectivity index (χ1) is 29.2. The van der Waals surface area contributed by atoms with E-state index in [1.165, 1.54) is 77.0 Å². The summed E-state index contributed by atoms with van der Waals surface area (Å²) < 4.78 is 29.2. The summed E-state index contributed by atoms with van der Waals surface area (Å²) in [6, 6.07) is 0.524. The lowest BCUT2D eigenvalue weighted by Gasteiger charge is -2.45. The van der Waals surface area contributed by atoms with Gasteiger partial charge in [0.2, 0.25) is 0 Å². The summed E-state index contributed by atoms with van der Waals surface area (Å²) in [5, 5.41) is 0. The molecule has 0 spiro atoms. The molecule has 1 unspecified atom stereocenters. The lowest BCUT2D eigenvalue weighted by molar-refractivity contribution is -0.161. The maximum Gasteiger partial charge on any atom is 0.409 e. The Morgan fingerprint density at radius 1 is 0.583 bits per heavy atom. The standard InChI is InChI=1S/C50H92N2O8/c1-7-10-13-16-19-20-21-22-23-24-25-26-27-28-31-34-47(53)58-41-45(43-60-50(55)51(6)46-39-52(40-46)44(4)5)42-59-48(54)35-36-49(56-37-32-29-17-14-11-8-2)57-38-33-30-18-15-12-9-3/h19-20,22-23,44-46,49H,7-18,21,24-43H2,1-6H3/b20-19-,23-22-. The van der Waals surface area contributed by atoms with Crippen molar-refractivity contribution in [2.24, 2.45) is 5.92 Å². The summed E-state index contributed by atoms with van der Waals surface area (Å²) in [5.74, 6) is -1.13. The maximum absolute atomic E-state index is 13.0. The predicted octanol–water partition coefficient (Wildman–Crippen LogP) is 12.5. The maximum atomic E-state index is 13.0. The zero-order valence-electron chi connectivity index (χ0n) is 39.6. The van der Waals surface area contributed by atoms with Crippen molar-refractivity contribution in [2.75, 3.05) is 53.2 Å². The third-order valence-electron chi connectivity index (χ3n) is 11.4. The average molecular weight is 849 g/mol. The van der Waals surface area contributed by atoms with Crippen LogP contribution in [0.15, 0.2) is 24.3 Å². The Bertz CT molecular complexity index is 1070. The van der Waals surface area contributed by atoms with Crippen LogP contribution < -0.4 is 0 Å². The van der Waals surface area contributed by atoms with E-state index in [-0.39, 0.29) is 44.2 Å². The van der Waals surface area contributed by atoms with Gasteiger partial charge in [-0.25, -0.2) is 4.79 Å². The molecular formula is C50H92N2O8. The van der Waals surface area contributed by atoms with Crippen LogP contribution in [0.1, 0.15) is 202 Å². The first-order valence-corrected chi connectivity index (χ1v) is 24.7. The summed E-state index contributed by atoms with van der Waals surface area (Å²) in [7, 11) is 1.75. The molecule has 1 fully saturated rings. The number of likely N-dealkylation sites (tertiary alicyclic amines) is 1. The molecule has 1 heterocycles. The van der Waals surface area contributed by atoms with Crippen molar-refractivity contribution < 1.29 is 38.1 Å². The first kappa shape index (κ1) is 55.6. The van der Waals surface area contributed by atoms with Crippen LogP contribution in [0.4, 0.5) is 4.79 Å². The van der Waals surface area contributed by atoms with Crippen molar-refractivity contribution in [3.63, 3.8) is 0 Å². The van der Waals surface area contributed by atoms with Crippen molar-refractivity contribution in [1.82, 2.24) is 9.80 Å². The molecule has 350 valence electrons. The molecule has 10 nitrogen and oxygen atoms in total. The number of likely N-dealkylation sites (N-methyl/N-ethyl adjacent to an activating group) is 1. The molecule has 1 aliphatic heterocycles. The van der Waals surface area contributed by atoms with Crippen LogP contribution in [0.25, 0.3) is 0 Å². The van der Waals surface area contributed by atoms with Gasteiger partial charge in [-0.05, 0) is 65.2 Å². The number of allylic oxidation sites excluding steroid dienone is 4. The van der Waals surface area contributed by atoms with Crippen LogP contribution in [0.2, 0.25) is 0 Å². The van der Waals surface area contributed by atoms with Crippen LogP contribution in [-0.2, 0) is 33.3 Å². The number of ether oxygens (including phenoxy) is 5. The Labute approximate surface area is 368 Å². The van der Waals surface area contributed by atoms with Crippen molar-refractivity contribution in [3.8, 4) is 0 Å². The Hall–Kier alpha value is -2.43. The second-order valence-electron chi connectivity index (χ2n) is 17.3. The van der Waals surface area contributed by atoms with Gasteiger partial charge in [-0.1, -0.05) is 141 Å². The van der Waals surface area contributed by atoms with Gasteiger partial charge in [-0.2, -0.15) is 0 Å². The Kier molecular flexibility index (Phi) is 36.5. The van der Waals surface area contributed by atoms with Gasteiger partial charge in [-0.15, -0.1) is 0 Å². The molecule has 1 atom stereocenters. The minimum absolute atomic E-state index is 0.0132. The van der Waals surface area contributed by atoms with E-state index in [4.69, 9.17) is 23.7 Å². The number of rotatable bonds is 41. The normalized spacial score (nSPS) is 14.1. The van der Waals surface area contributed by atoms with Gasteiger partial charge in [0, 0.05) is 52.2 Å². The number of unbranched alkanes of at least 4 members (excludes halogenated alkanes) is 18. The Morgan fingerprint density at radius 2 is 1.03 bits per heavy atom. The number of esters is 2. The van der Waals surface area contributed by atoms with E-state index in [1.54, 1.807) is 11.9 Å². The van der Waals surface area contributed by atoms with Crippen molar-refractivity contribution in [1.29, 1.82) is 0 Å².